The quantitative estimate of drug-likeness (QED) is 0.330. The Balaban J connectivity index is 1.52. The van der Waals surface area contributed by atoms with Crippen molar-refractivity contribution >= 4 is 22.6 Å². The van der Waals surface area contributed by atoms with Gasteiger partial charge in [0, 0.05) is 62.1 Å². The number of aromatic nitrogens is 6. The molecule has 5 aromatic rings. The van der Waals surface area contributed by atoms with Gasteiger partial charge in [-0.15, -0.1) is 0 Å². The lowest BCUT2D eigenvalue weighted by Crippen LogP contribution is -2.38. The number of carbonyl (C=O) groups is 1. The minimum atomic E-state index is -4.66. The second-order valence-corrected chi connectivity index (χ2v) is 9.23. The van der Waals surface area contributed by atoms with E-state index in [4.69, 9.17) is 4.74 Å². The Hall–Kier alpha value is -4.74. The van der Waals surface area contributed by atoms with Crippen molar-refractivity contribution in [3.8, 4) is 17.0 Å². The summed E-state index contributed by atoms with van der Waals surface area (Å²) in [7, 11) is 2.95. The first-order valence-corrected chi connectivity index (χ1v) is 12.1. The summed E-state index contributed by atoms with van der Waals surface area (Å²) in [5, 5.41) is 3.70. The maximum absolute atomic E-state index is 14.0. The van der Waals surface area contributed by atoms with Gasteiger partial charge in [0.25, 0.3) is 5.91 Å². The number of hydrogen-bond donors (Lipinski definition) is 0. The summed E-state index contributed by atoms with van der Waals surface area (Å²) in [6.07, 6.45) is 3.60. The summed E-state index contributed by atoms with van der Waals surface area (Å²) in [6, 6.07) is 8.61. The third kappa shape index (κ3) is 4.37. The molecule has 5 heterocycles. The minimum absolute atomic E-state index is 0.0595. The van der Waals surface area contributed by atoms with Crippen molar-refractivity contribution in [3.63, 3.8) is 0 Å². The first-order chi connectivity index (χ1) is 18.7. The molecule has 1 aliphatic rings. The first kappa shape index (κ1) is 24.6. The van der Waals surface area contributed by atoms with Crippen LogP contribution in [0.3, 0.4) is 0 Å². The van der Waals surface area contributed by atoms with Crippen LogP contribution in [0.2, 0.25) is 0 Å². The molecule has 0 bridgehead atoms. The highest BCUT2D eigenvalue weighted by Gasteiger charge is 2.39. The van der Waals surface area contributed by atoms with Crippen LogP contribution in [0.5, 0.6) is 5.88 Å². The Morgan fingerprint density at radius 1 is 1.08 bits per heavy atom. The van der Waals surface area contributed by atoms with Crippen LogP contribution >= 0.6 is 0 Å². The topological polar surface area (TPSA) is 91.0 Å². The number of rotatable bonds is 5. The van der Waals surface area contributed by atoms with E-state index in [2.05, 4.69) is 20.1 Å². The number of alkyl halides is 3. The molecule has 6 rings (SSSR count). The molecular formula is C27H22F3N7O2. The van der Waals surface area contributed by atoms with E-state index in [1.165, 1.54) is 20.4 Å². The SMILES string of the molecule is COc1ccc2nccc(N3CCc4c(cc(Cn5ccnc5)cc4-c4cn(C)nc4C(F)(F)F)C3=O)c2n1. The van der Waals surface area contributed by atoms with Crippen LogP contribution in [0.4, 0.5) is 18.9 Å². The number of imidazole rings is 1. The Morgan fingerprint density at radius 2 is 1.90 bits per heavy atom. The second-order valence-electron chi connectivity index (χ2n) is 9.23. The number of ether oxygens (including phenoxy) is 1. The highest BCUT2D eigenvalue weighted by atomic mass is 19.4. The fourth-order valence-corrected chi connectivity index (χ4v) is 5.04. The lowest BCUT2D eigenvalue weighted by Gasteiger charge is -2.31. The van der Waals surface area contributed by atoms with E-state index in [0.29, 0.717) is 57.8 Å². The molecule has 1 aromatic carbocycles. The van der Waals surface area contributed by atoms with Crippen LogP contribution in [0, 0.1) is 0 Å². The maximum atomic E-state index is 14.0. The van der Waals surface area contributed by atoms with Crippen molar-refractivity contribution in [1.29, 1.82) is 0 Å². The lowest BCUT2D eigenvalue weighted by molar-refractivity contribution is -0.140. The number of benzene rings is 1. The molecule has 0 unspecified atom stereocenters. The molecule has 0 aliphatic carbocycles. The van der Waals surface area contributed by atoms with Crippen molar-refractivity contribution in [2.75, 3.05) is 18.6 Å². The number of methoxy groups -OCH3 is 1. The van der Waals surface area contributed by atoms with Gasteiger partial charge in [-0.1, -0.05) is 0 Å². The number of nitrogens with zero attached hydrogens (tertiary/aromatic N) is 7. The summed E-state index contributed by atoms with van der Waals surface area (Å²) in [4.78, 5) is 28.5. The van der Waals surface area contributed by atoms with Crippen molar-refractivity contribution in [3.05, 3.63) is 83.8 Å². The number of anilines is 1. The van der Waals surface area contributed by atoms with Crippen LogP contribution in [0.1, 0.15) is 27.2 Å². The molecule has 0 radical (unpaired) electrons. The Bertz CT molecular complexity index is 1710. The highest BCUT2D eigenvalue weighted by Crippen LogP contribution is 2.40. The molecule has 39 heavy (non-hydrogen) atoms. The first-order valence-electron chi connectivity index (χ1n) is 12.1. The summed E-state index contributed by atoms with van der Waals surface area (Å²) >= 11 is 0. The fourth-order valence-electron chi connectivity index (χ4n) is 5.04. The third-order valence-corrected chi connectivity index (χ3v) is 6.72. The predicted molar refractivity (Wildman–Crippen MR) is 136 cm³/mol. The van der Waals surface area contributed by atoms with E-state index in [1.807, 2.05) is 0 Å². The fraction of sp³-hybridized carbons (Fsp3) is 0.222. The zero-order valence-electron chi connectivity index (χ0n) is 21.0. The number of carbonyl (C=O) groups excluding carboxylic acids is 1. The zero-order valence-corrected chi connectivity index (χ0v) is 21.0. The molecule has 198 valence electrons. The third-order valence-electron chi connectivity index (χ3n) is 6.72. The highest BCUT2D eigenvalue weighted by molar-refractivity contribution is 6.12. The van der Waals surface area contributed by atoms with Gasteiger partial charge in [-0.2, -0.15) is 18.3 Å². The smallest absolute Gasteiger partial charge is 0.435 e. The molecule has 9 nitrogen and oxygen atoms in total. The van der Waals surface area contributed by atoms with E-state index < -0.39 is 11.9 Å². The minimum Gasteiger partial charge on any atom is -0.481 e. The number of hydrogen-bond acceptors (Lipinski definition) is 6. The van der Waals surface area contributed by atoms with Crippen LogP contribution in [0.15, 0.2) is 61.4 Å². The largest absolute Gasteiger partial charge is 0.481 e. The standard InChI is InChI=1S/C27H22F3N7O2/c1-35-14-20(25(34-35)27(28,29)30)18-11-16(13-36-10-8-31-15-36)12-19-17(18)6-9-37(26(19)38)22-5-7-32-21-3-4-23(39-2)33-24(21)22/h3-5,7-8,10-12,14-15H,6,9,13H2,1-2H3. The molecule has 1 aliphatic heterocycles. The van der Waals surface area contributed by atoms with E-state index in [-0.39, 0.29) is 18.0 Å². The summed E-state index contributed by atoms with van der Waals surface area (Å²) < 4.78 is 50.1. The van der Waals surface area contributed by atoms with E-state index in [0.717, 1.165) is 4.68 Å². The molecular weight excluding hydrogens is 511 g/mol. The van der Waals surface area contributed by atoms with Gasteiger partial charge >= 0.3 is 6.18 Å². The van der Waals surface area contributed by atoms with Crippen molar-refractivity contribution in [2.45, 2.75) is 19.1 Å². The number of halogens is 3. The van der Waals surface area contributed by atoms with Gasteiger partial charge in [0.05, 0.1) is 24.6 Å². The molecule has 1 amide bonds. The van der Waals surface area contributed by atoms with Gasteiger partial charge < -0.3 is 14.2 Å². The molecule has 0 atom stereocenters. The van der Waals surface area contributed by atoms with Gasteiger partial charge in [-0.3, -0.25) is 14.5 Å². The van der Waals surface area contributed by atoms with E-state index in [1.54, 1.807) is 64.7 Å². The summed E-state index contributed by atoms with van der Waals surface area (Å²) in [6.45, 7) is 0.575. The van der Waals surface area contributed by atoms with Gasteiger partial charge in [0.15, 0.2) is 5.69 Å². The normalized spacial score (nSPS) is 13.7. The van der Waals surface area contributed by atoms with Gasteiger partial charge in [-0.25, -0.2) is 9.97 Å². The number of aryl methyl sites for hydroxylation is 1. The average molecular weight is 534 g/mol. The zero-order chi connectivity index (χ0) is 27.3. The monoisotopic (exact) mass is 533 g/mol. The van der Waals surface area contributed by atoms with Crippen LogP contribution in [0.25, 0.3) is 22.2 Å². The van der Waals surface area contributed by atoms with Crippen LogP contribution < -0.4 is 9.64 Å². The maximum Gasteiger partial charge on any atom is 0.435 e. The van der Waals surface area contributed by atoms with Gasteiger partial charge in [-0.05, 0) is 47.4 Å². The molecule has 0 saturated heterocycles. The predicted octanol–water partition coefficient (Wildman–Crippen LogP) is 4.51. The van der Waals surface area contributed by atoms with Crippen molar-refractivity contribution in [2.24, 2.45) is 7.05 Å². The molecule has 0 saturated carbocycles. The number of pyridine rings is 2. The molecule has 0 spiro atoms. The van der Waals surface area contributed by atoms with Gasteiger partial charge in [0.2, 0.25) is 5.88 Å². The molecule has 0 fully saturated rings. The Morgan fingerprint density at radius 3 is 2.64 bits per heavy atom. The Labute approximate surface area is 220 Å². The van der Waals surface area contributed by atoms with E-state index >= 15 is 0 Å². The molecule has 0 N–H and O–H groups in total. The number of fused-ring (bicyclic) bond motifs is 2. The lowest BCUT2D eigenvalue weighted by atomic mass is 9.88. The van der Waals surface area contributed by atoms with Crippen molar-refractivity contribution in [1.82, 2.24) is 29.3 Å². The molecule has 4 aromatic heterocycles. The van der Waals surface area contributed by atoms with Crippen LogP contribution in [-0.4, -0.2) is 48.9 Å². The second kappa shape index (κ2) is 9.22. The summed E-state index contributed by atoms with van der Waals surface area (Å²) in [5.74, 6) is 0.0438. The average Bonchev–Trinajstić information content (AvgIpc) is 3.58. The van der Waals surface area contributed by atoms with Crippen LogP contribution in [-0.2, 0) is 26.2 Å². The Kier molecular flexibility index (Phi) is 5.82. The van der Waals surface area contributed by atoms with Gasteiger partial charge in [0.1, 0.15) is 5.52 Å². The molecule has 12 heteroatoms. The van der Waals surface area contributed by atoms with E-state index in [9.17, 15) is 18.0 Å². The summed E-state index contributed by atoms with van der Waals surface area (Å²) in [5.41, 5.74) is 2.47. The van der Waals surface area contributed by atoms with Crippen molar-refractivity contribution < 1.29 is 22.7 Å². The number of amides is 1.